The van der Waals surface area contributed by atoms with Crippen molar-refractivity contribution in [2.45, 2.75) is 19.3 Å². The van der Waals surface area contributed by atoms with E-state index in [1.807, 2.05) is 0 Å². The summed E-state index contributed by atoms with van der Waals surface area (Å²) in [5.41, 5.74) is 0. The molecule has 76 valence electrons. The molecule has 0 spiro atoms. The van der Waals surface area contributed by atoms with Crippen LogP contribution in [0.15, 0.2) is 0 Å². The Morgan fingerprint density at radius 3 is 2.08 bits per heavy atom. The Hall–Kier alpha value is -0.120. The van der Waals surface area contributed by atoms with E-state index < -0.39 is 0 Å². The van der Waals surface area contributed by atoms with Crippen LogP contribution in [0, 0.1) is 0 Å². The van der Waals surface area contributed by atoms with Gasteiger partial charge in [0.2, 0.25) is 0 Å². The van der Waals surface area contributed by atoms with Crippen LogP contribution in [0.5, 0.6) is 0 Å². The molecule has 2 aliphatic heterocycles. The molecule has 0 amide bonds. The van der Waals surface area contributed by atoms with Gasteiger partial charge in [0.05, 0.1) is 6.67 Å². The van der Waals surface area contributed by atoms with Crippen LogP contribution >= 0.6 is 0 Å². The fourth-order valence-electron chi connectivity index (χ4n) is 2.24. The maximum Gasteiger partial charge on any atom is 0.0507 e. The summed E-state index contributed by atoms with van der Waals surface area (Å²) < 4.78 is 0. The molecule has 0 unspecified atom stereocenters. The SMILES string of the molecule is C1CCN(CN2CCNCC2)CC1. The number of piperazine rings is 1. The highest BCUT2D eigenvalue weighted by Crippen LogP contribution is 2.09. The summed E-state index contributed by atoms with van der Waals surface area (Å²) in [7, 11) is 0. The molecule has 2 aliphatic rings. The summed E-state index contributed by atoms with van der Waals surface area (Å²) in [5.74, 6) is 0. The molecule has 3 nitrogen and oxygen atoms in total. The van der Waals surface area contributed by atoms with E-state index in [9.17, 15) is 0 Å². The summed E-state index contributed by atoms with van der Waals surface area (Å²) in [6.07, 6.45) is 4.26. The highest BCUT2D eigenvalue weighted by molar-refractivity contribution is 4.70. The molecule has 3 heteroatoms. The van der Waals surface area contributed by atoms with Gasteiger partial charge in [0.25, 0.3) is 0 Å². The van der Waals surface area contributed by atoms with Crippen LogP contribution in [-0.2, 0) is 0 Å². The minimum absolute atomic E-state index is 1.17. The second-order valence-corrected chi connectivity index (χ2v) is 4.19. The third-order valence-corrected chi connectivity index (χ3v) is 3.06. The largest absolute Gasteiger partial charge is 0.314 e. The molecule has 2 fully saturated rings. The third kappa shape index (κ3) is 2.93. The van der Waals surface area contributed by atoms with Gasteiger partial charge in [-0.1, -0.05) is 6.42 Å². The van der Waals surface area contributed by atoms with Gasteiger partial charge in [0.15, 0.2) is 0 Å². The van der Waals surface area contributed by atoms with Crippen molar-refractivity contribution in [2.75, 3.05) is 45.9 Å². The molecule has 1 N–H and O–H groups in total. The van der Waals surface area contributed by atoms with E-state index in [4.69, 9.17) is 0 Å². The number of hydrogen-bond acceptors (Lipinski definition) is 3. The molecule has 2 saturated heterocycles. The number of hydrogen-bond donors (Lipinski definition) is 1. The van der Waals surface area contributed by atoms with Crippen molar-refractivity contribution < 1.29 is 0 Å². The van der Waals surface area contributed by atoms with Crippen molar-refractivity contribution in [3.05, 3.63) is 0 Å². The zero-order chi connectivity index (χ0) is 8.93. The topological polar surface area (TPSA) is 18.5 Å². The lowest BCUT2D eigenvalue weighted by molar-refractivity contribution is 0.103. The highest BCUT2D eigenvalue weighted by atomic mass is 15.3. The standard InChI is InChI=1S/C10H21N3/c1-2-6-12(7-3-1)10-13-8-4-11-5-9-13/h11H,1-10H2. The summed E-state index contributed by atoms with van der Waals surface area (Å²) >= 11 is 0. The molecule has 0 aromatic heterocycles. The Kier molecular flexibility index (Phi) is 3.58. The predicted molar refractivity (Wildman–Crippen MR) is 54.7 cm³/mol. The highest BCUT2D eigenvalue weighted by Gasteiger charge is 2.15. The van der Waals surface area contributed by atoms with Crippen molar-refractivity contribution in [1.82, 2.24) is 15.1 Å². The minimum Gasteiger partial charge on any atom is -0.314 e. The maximum absolute atomic E-state index is 3.39. The van der Waals surface area contributed by atoms with Gasteiger partial charge < -0.3 is 5.32 Å². The van der Waals surface area contributed by atoms with Crippen molar-refractivity contribution in [3.63, 3.8) is 0 Å². The first kappa shape index (κ1) is 9.44. The van der Waals surface area contributed by atoms with E-state index in [2.05, 4.69) is 15.1 Å². The van der Waals surface area contributed by atoms with Gasteiger partial charge in [-0.25, -0.2) is 0 Å². The molecule has 0 aliphatic carbocycles. The quantitative estimate of drug-likeness (QED) is 0.666. The van der Waals surface area contributed by atoms with Gasteiger partial charge >= 0.3 is 0 Å². The molecular formula is C10H21N3. The average molecular weight is 183 g/mol. The zero-order valence-electron chi connectivity index (χ0n) is 8.47. The first-order valence-electron chi connectivity index (χ1n) is 5.60. The predicted octanol–water partition coefficient (Wildman–Crippen LogP) is 0.335. The van der Waals surface area contributed by atoms with Crippen molar-refractivity contribution in [3.8, 4) is 0 Å². The second-order valence-electron chi connectivity index (χ2n) is 4.19. The van der Waals surface area contributed by atoms with Crippen LogP contribution < -0.4 is 5.32 Å². The lowest BCUT2D eigenvalue weighted by Crippen LogP contribution is -2.49. The summed E-state index contributed by atoms with van der Waals surface area (Å²) in [6, 6.07) is 0. The van der Waals surface area contributed by atoms with Crippen LogP contribution in [0.25, 0.3) is 0 Å². The van der Waals surface area contributed by atoms with Crippen molar-refractivity contribution >= 4 is 0 Å². The molecule has 0 saturated carbocycles. The molecule has 2 heterocycles. The molecule has 0 aromatic carbocycles. The van der Waals surface area contributed by atoms with Crippen molar-refractivity contribution in [1.29, 1.82) is 0 Å². The fourth-order valence-corrected chi connectivity index (χ4v) is 2.24. The van der Waals surface area contributed by atoms with Gasteiger partial charge in [-0.2, -0.15) is 0 Å². The van der Waals surface area contributed by atoms with E-state index in [-0.39, 0.29) is 0 Å². The molecule has 0 radical (unpaired) electrons. The molecule has 0 aromatic rings. The smallest absolute Gasteiger partial charge is 0.0507 e. The van der Waals surface area contributed by atoms with Crippen LogP contribution in [0.1, 0.15) is 19.3 Å². The summed E-state index contributed by atoms with van der Waals surface area (Å²) in [6.45, 7) is 8.67. The summed E-state index contributed by atoms with van der Waals surface area (Å²) in [5, 5.41) is 3.39. The van der Waals surface area contributed by atoms with Gasteiger partial charge in [-0.05, 0) is 25.9 Å². The number of nitrogens with zero attached hydrogens (tertiary/aromatic N) is 2. The normalized spacial score (nSPS) is 27.7. The molecule has 2 rings (SSSR count). The first-order valence-corrected chi connectivity index (χ1v) is 5.60. The van der Waals surface area contributed by atoms with Gasteiger partial charge in [-0.3, -0.25) is 9.80 Å². The van der Waals surface area contributed by atoms with Crippen LogP contribution in [-0.4, -0.2) is 55.7 Å². The zero-order valence-corrected chi connectivity index (χ0v) is 8.47. The monoisotopic (exact) mass is 183 g/mol. The Bertz CT molecular complexity index is 121. The molecule has 13 heavy (non-hydrogen) atoms. The number of piperidine rings is 1. The Morgan fingerprint density at radius 1 is 0.769 bits per heavy atom. The molecule has 0 atom stereocenters. The number of rotatable bonds is 2. The van der Waals surface area contributed by atoms with Gasteiger partial charge in [0, 0.05) is 26.2 Å². The fraction of sp³-hybridized carbons (Fsp3) is 1.00. The first-order chi connectivity index (χ1) is 6.45. The Labute approximate surface area is 81.1 Å². The average Bonchev–Trinajstić information content (AvgIpc) is 2.21. The summed E-state index contributed by atoms with van der Waals surface area (Å²) in [4.78, 5) is 5.18. The lowest BCUT2D eigenvalue weighted by Gasteiger charge is -2.34. The Morgan fingerprint density at radius 2 is 1.38 bits per heavy atom. The van der Waals surface area contributed by atoms with Crippen molar-refractivity contribution in [2.24, 2.45) is 0 Å². The van der Waals surface area contributed by atoms with Crippen LogP contribution in [0.2, 0.25) is 0 Å². The third-order valence-electron chi connectivity index (χ3n) is 3.06. The van der Waals surface area contributed by atoms with E-state index in [1.54, 1.807) is 0 Å². The maximum atomic E-state index is 3.39. The van der Waals surface area contributed by atoms with Gasteiger partial charge in [-0.15, -0.1) is 0 Å². The molecular weight excluding hydrogens is 162 g/mol. The lowest BCUT2D eigenvalue weighted by atomic mass is 10.1. The molecule has 0 bridgehead atoms. The number of likely N-dealkylation sites (tertiary alicyclic amines) is 1. The van der Waals surface area contributed by atoms with E-state index in [1.165, 1.54) is 65.2 Å². The number of nitrogens with one attached hydrogen (secondary N) is 1. The van der Waals surface area contributed by atoms with Crippen LogP contribution in [0.3, 0.4) is 0 Å². The Balaban J connectivity index is 1.69. The minimum atomic E-state index is 1.17. The van der Waals surface area contributed by atoms with E-state index in [0.717, 1.165) is 0 Å². The van der Waals surface area contributed by atoms with Gasteiger partial charge in [0.1, 0.15) is 0 Å². The van der Waals surface area contributed by atoms with E-state index in [0.29, 0.717) is 0 Å². The van der Waals surface area contributed by atoms with Crippen LogP contribution in [0.4, 0.5) is 0 Å². The second kappa shape index (κ2) is 4.94. The van der Waals surface area contributed by atoms with E-state index >= 15 is 0 Å².